The molecule has 0 aromatic heterocycles. The van der Waals surface area contributed by atoms with E-state index in [9.17, 15) is 5.11 Å². The summed E-state index contributed by atoms with van der Waals surface area (Å²) in [5.41, 5.74) is 2.16. The molecule has 0 unspecified atom stereocenters. The third-order valence-electron chi connectivity index (χ3n) is 2.97. The maximum atomic E-state index is 9.74. The summed E-state index contributed by atoms with van der Waals surface area (Å²) in [5.74, 6) is 0.379. The van der Waals surface area contributed by atoms with Gasteiger partial charge < -0.3 is 14.2 Å². The van der Waals surface area contributed by atoms with Gasteiger partial charge in [0.15, 0.2) is 0 Å². The van der Waals surface area contributed by atoms with Crippen molar-refractivity contribution in [2.45, 2.75) is 13.5 Å². The maximum absolute atomic E-state index is 9.74. The molecule has 18 heavy (non-hydrogen) atoms. The molecule has 0 saturated heterocycles. The first-order valence-corrected chi connectivity index (χ1v) is 7.39. The zero-order chi connectivity index (χ0) is 13.9. The van der Waals surface area contributed by atoms with Crippen molar-refractivity contribution in [2.24, 2.45) is 0 Å². The Morgan fingerprint density at radius 1 is 1.06 bits per heavy atom. The standard InChI is InChI=1S/C13H24N3OSi/c1-11-12(8-7-9-13(11)17)10-16(6)18(14(2)3)15(4)5/h7-9,17H,10H2,1-6H3. The van der Waals surface area contributed by atoms with Gasteiger partial charge in [-0.15, -0.1) is 0 Å². The largest absolute Gasteiger partial charge is 0.508 e. The molecule has 0 aliphatic rings. The molecule has 1 N–H and O–H groups in total. The molecule has 0 bridgehead atoms. The fourth-order valence-electron chi connectivity index (χ4n) is 2.25. The topological polar surface area (TPSA) is 30.0 Å². The van der Waals surface area contributed by atoms with Gasteiger partial charge in [-0.2, -0.15) is 0 Å². The SMILES string of the molecule is Cc1c(O)cccc1CN(C)[Si](N(C)C)N(C)C. The lowest BCUT2D eigenvalue weighted by atomic mass is 10.1. The number of benzene rings is 1. The molecule has 0 amide bonds. The third kappa shape index (κ3) is 3.55. The third-order valence-corrected chi connectivity index (χ3v) is 5.41. The van der Waals surface area contributed by atoms with Gasteiger partial charge in [-0.1, -0.05) is 12.1 Å². The zero-order valence-electron chi connectivity index (χ0n) is 12.2. The lowest BCUT2D eigenvalue weighted by molar-refractivity contribution is 0.376. The molecule has 4 nitrogen and oxygen atoms in total. The summed E-state index contributed by atoms with van der Waals surface area (Å²) in [7, 11) is 9.72. The number of phenolic OH excluding ortho intramolecular Hbond substituents is 1. The summed E-state index contributed by atoms with van der Waals surface area (Å²) < 4.78 is 6.89. The van der Waals surface area contributed by atoms with E-state index in [0.29, 0.717) is 5.75 Å². The maximum Gasteiger partial charge on any atom is 0.326 e. The molecule has 1 aromatic rings. The highest BCUT2D eigenvalue weighted by Gasteiger charge is 2.25. The molecule has 0 saturated carbocycles. The second-order valence-electron chi connectivity index (χ2n) is 5.01. The van der Waals surface area contributed by atoms with Crippen LogP contribution in [0.5, 0.6) is 5.75 Å². The van der Waals surface area contributed by atoms with E-state index in [2.05, 4.69) is 55.0 Å². The van der Waals surface area contributed by atoms with E-state index in [0.717, 1.165) is 12.1 Å². The second kappa shape index (κ2) is 6.33. The molecule has 101 valence electrons. The average Bonchev–Trinajstić information content (AvgIpc) is 2.23. The molecule has 0 fully saturated rings. The van der Waals surface area contributed by atoms with Gasteiger partial charge in [0.25, 0.3) is 0 Å². The van der Waals surface area contributed by atoms with Crippen molar-refractivity contribution in [3.63, 3.8) is 0 Å². The van der Waals surface area contributed by atoms with Crippen molar-refractivity contribution >= 4 is 9.28 Å². The Bertz CT molecular complexity index is 388. The first kappa shape index (κ1) is 15.2. The molecule has 0 aliphatic carbocycles. The van der Waals surface area contributed by atoms with Gasteiger partial charge in [0.05, 0.1) is 0 Å². The first-order chi connectivity index (χ1) is 8.34. The number of aromatic hydroxyl groups is 1. The summed E-state index contributed by atoms with van der Waals surface area (Å²) in [5, 5.41) is 9.74. The van der Waals surface area contributed by atoms with Gasteiger partial charge in [0.2, 0.25) is 0 Å². The molecule has 0 atom stereocenters. The lowest BCUT2D eigenvalue weighted by Gasteiger charge is -2.34. The number of rotatable bonds is 5. The summed E-state index contributed by atoms with van der Waals surface area (Å²) in [4.78, 5) is 0. The quantitative estimate of drug-likeness (QED) is 0.812. The Kier molecular flexibility index (Phi) is 5.34. The van der Waals surface area contributed by atoms with Crippen LogP contribution in [0, 0.1) is 6.92 Å². The van der Waals surface area contributed by atoms with Crippen molar-refractivity contribution in [3.8, 4) is 5.75 Å². The predicted octanol–water partition coefficient (Wildman–Crippen LogP) is 1.24. The number of nitrogens with zero attached hydrogens (tertiary/aromatic N) is 3. The van der Waals surface area contributed by atoms with E-state index in [-0.39, 0.29) is 0 Å². The predicted molar refractivity (Wildman–Crippen MR) is 77.4 cm³/mol. The molecule has 5 heteroatoms. The van der Waals surface area contributed by atoms with Gasteiger partial charge >= 0.3 is 9.28 Å². The Morgan fingerprint density at radius 3 is 2.11 bits per heavy atom. The monoisotopic (exact) mass is 266 g/mol. The van der Waals surface area contributed by atoms with Crippen LogP contribution in [0.15, 0.2) is 18.2 Å². The molecular formula is C13H24N3OSi. The van der Waals surface area contributed by atoms with E-state index < -0.39 is 9.28 Å². The Labute approximate surface area is 112 Å². The van der Waals surface area contributed by atoms with E-state index in [1.807, 2.05) is 13.0 Å². The van der Waals surface area contributed by atoms with Crippen molar-refractivity contribution in [1.29, 1.82) is 0 Å². The molecule has 0 aliphatic heterocycles. The van der Waals surface area contributed by atoms with Crippen LogP contribution in [0.3, 0.4) is 0 Å². The Morgan fingerprint density at radius 2 is 1.61 bits per heavy atom. The molecule has 1 rings (SSSR count). The smallest absolute Gasteiger partial charge is 0.326 e. The van der Waals surface area contributed by atoms with E-state index >= 15 is 0 Å². The van der Waals surface area contributed by atoms with Crippen molar-refractivity contribution < 1.29 is 5.11 Å². The summed E-state index contributed by atoms with van der Waals surface area (Å²) in [6, 6.07) is 5.72. The highest BCUT2D eigenvalue weighted by atomic mass is 28.3. The molecular weight excluding hydrogens is 242 g/mol. The Hall–Kier alpha value is -0.883. The molecule has 1 radical (unpaired) electrons. The zero-order valence-corrected chi connectivity index (χ0v) is 13.2. The van der Waals surface area contributed by atoms with Crippen molar-refractivity contribution in [2.75, 3.05) is 35.2 Å². The minimum absolute atomic E-state index is 0.379. The number of hydrogen-bond donors (Lipinski definition) is 1. The molecule has 0 heterocycles. The van der Waals surface area contributed by atoms with E-state index in [1.54, 1.807) is 6.07 Å². The first-order valence-electron chi connectivity index (χ1n) is 6.04. The highest BCUT2D eigenvalue weighted by Crippen LogP contribution is 2.21. The number of phenols is 1. The van der Waals surface area contributed by atoms with Crippen LogP contribution in [0.1, 0.15) is 11.1 Å². The average molecular weight is 266 g/mol. The Balaban J connectivity index is 2.86. The fraction of sp³-hybridized carbons (Fsp3) is 0.538. The van der Waals surface area contributed by atoms with Gasteiger partial charge in [-0.25, -0.2) is 0 Å². The van der Waals surface area contributed by atoms with Gasteiger partial charge in [-0.3, -0.25) is 4.57 Å². The van der Waals surface area contributed by atoms with Crippen LogP contribution in [0.2, 0.25) is 0 Å². The summed E-state index contributed by atoms with van der Waals surface area (Å²) >= 11 is 0. The van der Waals surface area contributed by atoms with Gasteiger partial charge in [0, 0.05) is 6.54 Å². The van der Waals surface area contributed by atoms with Crippen LogP contribution < -0.4 is 0 Å². The minimum Gasteiger partial charge on any atom is -0.508 e. The fourth-order valence-corrected chi connectivity index (χ4v) is 4.73. The highest BCUT2D eigenvalue weighted by molar-refractivity contribution is 6.49. The van der Waals surface area contributed by atoms with Gasteiger partial charge in [0.1, 0.15) is 5.75 Å². The van der Waals surface area contributed by atoms with E-state index in [1.165, 1.54) is 5.56 Å². The van der Waals surface area contributed by atoms with Crippen LogP contribution in [0.4, 0.5) is 0 Å². The lowest BCUT2D eigenvalue weighted by Crippen LogP contribution is -2.56. The second-order valence-corrected chi connectivity index (χ2v) is 8.16. The van der Waals surface area contributed by atoms with E-state index in [4.69, 9.17) is 0 Å². The van der Waals surface area contributed by atoms with Crippen molar-refractivity contribution in [1.82, 2.24) is 13.7 Å². The van der Waals surface area contributed by atoms with Crippen LogP contribution in [0.25, 0.3) is 0 Å². The molecule has 1 aromatic carbocycles. The van der Waals surface area contributed by atoms with Crippen LogP contribution in [-0.2, 0) is 6.54 Å². The van der Waals surface area contributed by atoms with Crippen molar-refractivity contribution in [3.05, 3.63) is 29.3 Å². The minimum atomic E-state index is -0.865. The summed E-state index contributed by atoms with van der Waals surface area (Å²) in [6.07, 6.45) is 0. The normalized spacial score (nSPS) is 12.1. The van der Waals surface area contributed by atoms with Crippen LogP contribution >= 0.6 is 0 Å². The number of hydrogen-bond acceptors (Lipinski definition) is 4. The summed E-state index contributed by atoms with van der Waals surface area (Å²) in [6.45, 7) is 2.82. The van der Waals surface area contributed by atoms with Crippen LogP contribution in [-0.4, -0.2) is 63.3 Å². The van der Waals surface area contributed by atoms with Gasteiger partial charge in [-0.05, 0) is 59.4 Å². The molecule has 0 spiro atoms.